The minimum atomic E-state index is -4.65. The first-order chi connectivity index (χ1) is 9.29. The van der Waals surface area contributed by atoms with Crippen LogP contribution in [0.1, 0.15) is 18.0 Å². The fraction of sp³-hybridized carbons (Fsp3) is 0.500. The van der Waals surface area contributed by atoms with Crippen LogP contribution in [-0.2, 0) is 0 Å². The quantitative estimate of drug-likeness (QED) is 0.893. The van der Waals surface area contributed by atoms with Crippen molar-refractivity contribution in [3.63, 3.8) is 0 Å². The summed E-state index contributed by atoms with van der Waals surface area (Å²) in [5, 5.41) is 12.4. The van der Waals surface area contributed by atoms with Crippen LogP contribution in [0.5, 0.6) is 5.75 Å². The van der Waals surface area contributed by atoms with E-state index >= 15 is 0 Å². The second-order valence-corrected chi connectivity index (χ2v) is 5.30. The van der Waals surface area contributed by atoms with Crippen LogP contribution in [0.2, 0.25) is 10.0 Å². The van der Waals surface area contributed by atoms with Gasteiger partial charge in [0.2, 0.25) is 0 Å². The smallest absolute Gasteiger partial charge is 0.415 e. The molecule has 112 valence electrons. The normalized spacial score (nSPS) is 20.2. The molecule has 0 saturated heterocycles. The molecular formula is C12H12Cl2F3NO2. The monoisotopic (exact) mass is 329 g/mol. The molecule has 0 fully saturated rings. The van der Waals surface area contributed by atoms with Crippen molar-refractivity contribution < 1.29 is 23.0 Å². The minimum Gasteiger partial charge on any atom is -0.492 e. The van der Waals surface area contributed by atoms with Crippen LogP contribution >= 0.6 is 23.2 Å². The van der Waals surface area contributed by atoms with Gasteiger partial charge in [-0.05, 0) is 12.1 Å². The van der Waals surface area contributed by atoms with Crippen LogP contribution in [-0.4, -0.2) is 30.5 Å². The molecule has 0 aromatic heterocycles. The van der Waals surface area contributed by atoms with E-state index < -0.39 is 24.9 Å². The molecule has 1 aromatic carbocycles. The molecule has 3 nitrogen and oxygen atoms in total. The number of hydrogen-bond donors (Lipinski definition) is 2. The third-order valence-electron chi connectivity index (χ3n) is 3.00. The Bertz CT molecular complexity index is 496. The molecule has 0 saturated carbocycles. The SMILES string of the molecule is OC(CNC1CCOc2c(Cl)cc(Cl)cc21)C(F)(F)F. The summed E-state index contributed by atoms with van der Waals surface area (Å²) in [4.78, 5) is 0. The Balaban J connectivity index is 2.13. The molecule has 1 aromatic rings. The van der Waals surface area contributed by atoms with Crippen molar-refractivity contribution in [2.45, 2.75) is 24.7 Å². The molecule has 8 heteroatoms. The lowest BCUT2D eigenvalue weighted by Gasteiger charge is -2.28. The van der Waals surface area contributed by atoms with Crippen molar-refractivity contribution in [2.24, 2.45) is 0 Å². The molecule has 20 heavy (non-hydrogen) atoms. The molecule has 1 aliphatic rings. The predicted molar refractivity (Wildman–Crippen MR) is 69.4 cm³/mol. The molecular weight excluding hydrogens is 318 g/mol. The number of alkyl halides is 3. The van der Waals surface area contributed by atoms with E-state index in [-0.39, 0.29) is 0 Å². The molecule has 0 bridgehead atoms. The van der Waals surface area contributed by atoms with Gasteiger partial charge < -0.3 is 15.2 Å². The Morgan fingerprint density at radius 3 is 2.75 bits per heavy atom. The van der Waals surface area contributed by atoms with Crippen molar-refractivity contribution in [3.05, 3.63) is 27.7 Å². The summed E-state index contributed by atoms with van der Waals surface area (Å²) in [6.07, 6.45) is -6.59. The molecule has 2 N–H and O–H groups in total. The summed E-state index contributed by atoms with van der Waals surface area (Å²) < 4.78 is 42.2. The van der Waals surface area contributed by atoms with Gasteiger partial charge in [0, 0.05) is 29.6 Å². The zero-order valence-electron chi connectivity index (χ0n) is 10.2. The average Bonchev–Trinajstić information content (AvgIpc) is 2.34. The van der Waals surface area contributed by atoms with Crippen molar-refractivity contribution >= 4 is 23.2 Å². The van der Waals surface area contributed by atoms with E-state index in [0.29, 0.717) is 34.4 Å². The third-order valence-corrected chi connectivity index (χ3v) is 3.50. The van der Waals surface area contributed by atoms with Crippen LogP contribution < -0.4 is 10.1 Å². The third kappa shape index (κ3) is 3.49. The van der Waals surface area contributed by atoms with Gasteiger partial charge in [0.25, 0.3) is 0 Å². The summed E-state index contributed by atoms with van der Waals surface area (Å²) in [6.45, 7) is -0.272. The Morgan fingerprint density at radius 2 is 2.10 bits per heavy atom. The Kier molecular flexibility index (Phi) is 4.69. The van der Waals surface area contributed by atoms with Crippen LogP contribution in [0.25, 0.3) is 0 Å². The Labute approximate surface area is 123 Å². The number of aliphatic hydroxyl groups is 1. The predicted octanol–water partition coefficient (Wildman–Crippen LogP) is 3.33. The molecule has 2 unspecified atom stereocenters. The van der Waals surface area contributed by atoms with E-state index in [2.05, 4.69) is 5.32 Å². The van der Waals surface area contributed by atoms with Gasteiger partial charge in [-0.2, -0.15) is 13.2 Å². The van der Waals surface area contributed by atoms with E-state index in [0.717, 1.165) is 0 Å². The van der Waals surface area contributed by atoms with Crippen LogP contribution in [0.15, 0.2) is 12.1 Å². The van der Waals surface area contributed by atoms with Gasteiger partial charge in [0.15, 0.2) is 6.10 Å². The second kappa shape index (κ2) is 5.97. The fourth-order valence-corrected chi connectivity index (χ4v) is 2.57. The van der Waals surface area contributed by atoms with E-state index in [4.69, 9.17) is 33.0 Å². The highest BCUT2D eigenvalue weighted by molar-refractivity contribution is 6.35. The van der Waals surface area contributed by atoms with Gasteiger partial charge in [-0.3, -0.25) is 0 Å². The van der Waals surface area contributed by atoms with E-state index in [1.165, 1.54) is 6.07 Å². The lowest BCUT2D eigenvalue weighted by atomic mass is 10.0. The summed E-state index contributed by atoms with van der Waals surface area (Å²) >= 11 is 11.9. The van der Waals surface area contributed by atoms with Crippen molar-refractivity contribution in [1.29, 1.82) is 0 Å². The molecule has 2 atom stereocenters. The number of aliphatic hydroxyl groups excluding tert-OH is 1. The number of benzene rings is 1. The van der Waals surface area contributed by atoms with E-state index in [1.54, 1.807) is 6.07 Å². The lowest BCUT2D eigenvalue weighted by molar-refractivity contribution is -0.202. The van der Waals surface area contributed by atoms with Gasteiger partial charge in [0.1, 0.15) is 5.75 Å². The molecule has 2 rings (SSSR count). The average molecular weight is 330 g/mol. The van der Waals surface area contributed by atoms with Gasteiger partial charge in [-0.15, -0.1) is 0 Å². The number of rotatable bonds is 3. The van der Waals surface area contributed by atoms with Gasteiger partial charge in [-0.1, -0.05) is 23.2 Å². The lowest BCUT2D eigenvalue weighted by Crippen LogP contribution is -2.40. The molecule has 1 heterocycles. The highest BCUT2D eigenvalue weighted by Gasteiger charge is 2.38. The maximum absolute atomic E-state index is 12.3. The highest BCUT2D eigenvalue weighted by Crippen LogP contribution is 2.40. The maximum atomic E-state index is 12.3. The molecule has 0 aliphatic carbocycles. The zero-order valence-corrected chi connectivity index (χ0v) is 11.7. The van der Waals surface area contributed by atoms with Gasteiger partial charge in [-0.25, -0.2) is 0 Å². The van der Waals surface area contributed by atoms with Crippen LogP contribution in [0.4, 0.5) is 13.2 Å². The van der Waals surface area contributed by atoms with Crippen LogP contribution in [0.3, 0.4) is 0 Å². The van der Waals surface area contributed by atoms with Gasteiger partial charge >= 0.3 is 6.18 Å². The highest BCUT2D eigenvalue weighted by atomic mass is 35.5. The molecule has 0 spiro atoms. The Hall–Kier alpha value is -0.690. The summed E-state index contributed by atoms with van der Waals surface area (Å²) in [7, 11) is 0. The number of hydrogen-bond acceptors (Lipinski definition) is 3. The summed E-state index contributed by atoms with van der Waals surface area (Å²) in [6, 6.07) is 2.71. The van der Waals surface area contributed by atoms with Crippen molar-refractivity contribution in [1.82, 2.24) is 5.32 Å². The first-order valence-corrected chi connectivity index (χ1v) is 6.64. The second-order valence-electron chi connectivity index (χ2n) is 4.46. The number of nitrogens with one attached hydrogen (secondary N) is 1. The standard InChI is InChI=1S/C12H12Cl2F3NO2/c13-6-3-7-9(18-5-10(19)12(15,16)17)1-2-20-11(7)8(14)4-6/h3-4,9-10,18-19H,1-2,5H2. The Morgan fingerprint density at radius 1 is 1.40 bits per heavy atom. The van der Waals surface area contributed by atoms with Crippen molar-refractivity contribution in [2.75, 3.05) is 13.2 Å². The van der Waals surface area contributed by atoms with E-state index in [1.807, 2.05) is 0 Å². The van der Waals surface area contributed by atoms with Gasteiger partial charge in [0.05, 0.1) is 11.6 Å². The summed E-state index contributed by atoms with van der Waals surface area (Å²) in [5.41, 5.74) is 0.600. The number of ether oxygens (including phenoxy) is 1. The number of fused-ring (bicyclic) bond motifs is 1. The molecule has 0 radical (unpaired) electrons. The molecule has 0 amide bonds. The summed E-state index contributed by atoms with van der Waals surface area (Å²) in [5.74, 6) is 0.418. The topological polar surface area (TPSA) is 41.5 Å². The van der Waals surface area contributed by atoms with Crippen molar-refractivity contribution in [3.8, 4) is 5.75 Å². The zero-order chi connectivity index (χ0) is 14.9. The van der Waals surface area contributed by atoms with E-state index in [9.17, 15) is 13.2 Å². The first-order valence-electron chi connectivity index (χ1n) is 5.89. The minimum absolute atomic E-state index is 0.315. The first kappa shape index (κ1) is 15.7. The fourth-order valence-electron chi connectivity index (χ4n) is 2.01. The van der Waals surface area contributed by atoms with Crippen LogP contribution in [0, 0.1) is 0 Å². The molecule has 1 aliphatic heterocycles. The maximum Gasteiger partial charge on any atom is 0.415 e. The largest absolute Gasteiger partial charge is 0.492 e. The number of halogens is 5.